The molecule has 24 heavy (non-hydrogen) atoms. The van der Waals surface area contributed by atoms with Gasteiger partial charge in [0.15, 0.2) is 0 Å². The van der Waals surface area contributed by atoms with Crippen molar-refractivity contribution in [2.75, 3.05) is 26.4 Å². The van der Waals surface area contributed by atoms with Crippen LogP contribution in [0.3, 0.4) is 0 Å². The van der Waals surface area contributed by atoms with Crippen LogP contribution in [0.4, 0.5) is 0 Å². The van der Waals surface area contributed by atoms with Crippen LogP contribution < -0.4 is 11.1 Å². The SMILES string of the molecule is CCO[Si](CCCC(C)(CC)NCCC(C)(C)N)(OCC)OCC. The molecule has 0 aliphatic rings. The quantitative estimate of drug-likeness (QED) is 0.435. The second-order valence-corrected chi connectivity index (χ2v) is 10.1. The topological polar surface area (TPSA) is 65.7 Å². The molecule has 0 fully saturated rings. The summed E-state index contributed by atoms with van der Waals surface area (Å²) in [5.41, 5.74) is 6.08. The highest BCUT2D eigenvalue weighted by Gasteiger charge is 2.40. The Bertz CT molecular complexity index is 307. The summed E-state index contributed by atoms with van der Waals surface area (Å²) in [5.74, 6) is 0. The monoisotopic (exact) mass is 362 g/mol. The third kappa shape index (κ3) is 10.1. The molecule has 0 heterocycles. The molecule has 0 aromatic heterocycles. The van der Waals surface area contributed by atoms with Crippen LogP contribution in [0.5, 0.6) is 0 Å². The zero-order chi connectivity index (χ0) is 18.7. The van der Waals surface area contributed by atoms with Gasteiger partial charge >= 0.3 is 8.80 Å². The molecular formula is C18H42N2O3Si. The van der Waals surface area contributed by atoms with Gasteiger partial charge in [0, 0.05) is 36.9 Å². The number of nitrogens with two attached hydrogens (primary N) is 1. The lowest BCUT2D eigenvalue weighted by Crippen LogP contribution is -2.48. The van der Waals surface area contributed by atoms with Gasteiger partial charge in [-0.15, -0.1) is 0 Å². The van der Waals surface area contributed by atoms with E-state index in [1.807, 2.05) is 20.8 Å². The highest BCUT2D eigenvalue weighted by atomic mass is 28.4. The normalized spacial score (nSPS) is 15.5. The van der Waals surface area contributed by atoms with Gasteiger partial charge in [-0.1, -0.05) is 6.92 Å². The highest BCUT2D eigenvalue weighted by Crippen LogP contribution is 2.24. The Balaban J connectivity index is 4.56. The minimum Gasteiger partial charge on any atom is -0.374 e. The molecule has 146 valence electrons. The molecule has 1 atom stereocenters. The predicted octanol–water partition coefficient (Wildman–Crippen LogP) is 3.70. The van der Waals surface area contributed by atoms with Gasteiger partial charge in [0.25, 0.3) is 0 Å². The summed E-state index contributed by atoms with van der Waals surface area (Å²) in [4.78, 5) is 0. The average Bonchev–Trinajstić information content (AvgIpc) is 2.46. The van der Waals surface area contributed by atoms with Crippen LogP contribution in [-0.2, 0) is 13.3 Å². The standard InChI is InChI=1S/C18H42N2O3Si/c1-8-18(7,20-15-14-17(5,6)19)13-12-16-24(21-9-2,22-10-3)23-11-4/h20H,8-16,19H2,1-7H3. The van der Waals surface area contributed by atoms with Gasteiger partial charge in [0.2, 0.25) is 0 Å². The summed E-state index contributed by atoms with van der Waals surface area (Å²) in [6.45, 7) is 17.6. The van der Waals surface area contributed by atoms with E-state index in [0.29, 0.717) is 19.8 Å². The van der Waals surface area contributed by atoms with E-state index in [9.17, 15) is 0 Å². The molecule has 0 aromatic rings. The van der Waals surface area contributed by atoms with Gasteiger partial charge in [0.05, 0.1) is 0 Å². The van der Waals surface area contributed by atoms with E-state index in [-0.39, 0.29) is 11.1 Å². The number of rotatable bonds is 15. The maximum atomic E-state index is 6.08. The van der Waals surface area contributed by atoms with Gasteiger partial charge in [-0.05, 0) is 73.8 Å². The first-order chi connectivity index (χ1) is 11.2. The van der Waals surface area contributed by atoms with Crippen molar-refractivity contribution in [3.8, 4) is 0 Å². The first kappa shape index (κ1) is 24.0. The van der Waals surface area contributed by atoms with E-state index in [0.717, 1.165) is 38.3 Å². The van der Waals surface area contributed by atoms with Gasteiger partial charge in [-0.3, -0.25) is 0 Å². The maximum absolute atomic E-state index is 6.08. The van der Waals surface area contributed by atoms with E-state index >= 15 is 0 Å². The molecule has 0 aromatic carbocycles. The Morgan fingerprint density at radius 3 is 1.75 bits per heavy atom. The van der Waals surface area contributed by atoms with Crippen molar-refractivity contribution in [3.63, 3.8) is 0 Å². The van der Waals surface area contributed by atoms with Gasteiger partial charge in [-0.25, -0.2) is 0 Å². The average molecular weight is 363 g/mol. The first-order valence-corrected chi connectivity index (χ1v) is 11.5. The molecule has 0 saturated carbocycles. The van der Waals surface area contributed by atoms with Crippen LogP contribution in [0.15, 0.2) is 0 Å². The largest absolute Gasteiger partial charge is 0.500 e. The van der Waals surface area contributed by atoms with Crippen molar-refractivity contribution in [2.24, 2.45) is 5.73 Å². The number of hydrogen-bond donors (Lipinski definition) is 2. The molecule has 0 bridgehead atoms. The van der Waals surface area contributed by atoms with Gasteiger partial charge < -0.3 is 24.3 Å². The molecule has 0 rings (SSSR count). The Labute approximate surface area is 151 Å². The first-order valence-electron chi connectivity index (χ1n) is 9.61. The Kier molecular flexibility index (Phi) is 11.6. The molecule has 0 saturated heterocycles. The zero-order valence-electron chi connectivity index (χ0n) is 17.2. The summed E-state index contributed by atoms with van der Waals surface area (Å²) < 4.78 is 17.8. The fourth-order valence-electron chi connectivity index (χ4n) is 2.77. The van der Waals surface area contributed by atoms with Gasteiger partial charge in [-0.2, -0.15) is 0 Å². The minimum absolute atomic E-state index is 0.121. The Morgan fingerprint density at radius 1 is 0.875 bits per heavy atom. The molecule has 0 amide bonds. The van der Waals surface area contributed by atoms with Crippen molar-refractivity contribution >= 4 is 8.80 Å². The summed E-state index contributed by atoms with van der Waals surface area (Å²) >= 11 is 0. The number of hydrogen-bond acceptors (Lipinski definition) is 5. The third-order valence-electron chi connectivity index (χ3n) is 4.41. The highest BCUT2D eigenvalue weighted by molar-refractivity contribution is 6.60. The fraction of sp³-hybridized carbons (Fsp3) is 1.00. The molecule has 6 heteroatoms. The summed E-state index contributed by atoms with van der Waals surface area (Å²) in [7, 11) is -2.52. The van der Waals surface area contributed by atoms with Crippen molar-refractivity contribution in [1.82, 2.24) is 5.32 Å². The van der Waals surface area contributed by atoms with Crippen molar-refractivity contribution in [3.05, 3.63) is 0 Å². The van der Waals surface area contributed by atoms with Gasteiger partial charge in [0.1, 0.15) is 0 Å². The third-order valence-corrected chi connectivity index (χ3v) is 7.56. The molecule has 5 nitrogen and oxygen atoms in total. The zero-order valence-corrected chi connectivity index (χ0v) is 18.2. The second-order valence-electron chi connectivity index (χ2n) is 7.42. The smallest absolute Gasteiger partial charge is 0.374 e. The Morgan fingerprint density at radius 2 is 1.38 bits per heavy atom. The van der Waals surface area contributed by atoms with E-state index in [2.05, 4.69) is 33.0 Å². The van der Waals surface area contributed by atoms with E-state index < -0.39 is 8.80 Å². The minimum atomic E-state index is -2.52. The lowest BCUT2D eigenvalue weighted by atomic mass is 9.92. The van der Waals surface area contributed by atoms with Crippen LogP contribution in [0, 0.1) is 0 Å². The molecule has 1 unspecified atom stereocenters. The summed E-state index contributed by atoms with van der Waals surface area (Å²) in [6.07, 6.45) is 4.18. The van der Waals surface area contributed by atoms with E-state index in [4.69, 9.17) is 19.0 Å². The van der Waals surface area contributed by atoms with E-state index in [1.165, 1.54) is 0 Å². The lowest BCUT2D eigenvalue weighted by Gasteiger charge is -2.33. The predicted molar refractivity (Wildman–Crippen MR) is 104 cm³/mol. The lowest BCUT2D eigenvalue weighted by molar-refractivity contribution is 0.0700. The molecule has 0 aliphatic heterocycles. The molecule has 3 N–H and O–H groups in total. The van der Waals surface area contributed by atoms with Crippen molar-refractivity contribution in [1.29, 1.82) is 0 Å². The molecule has 0 aliphatic carbocycles. The fourth-order valence-corrected chi connectivity index (χ4v) is 5.39. The van der Waals surface area contributed by atoms with E-state index in [1.54, 1.807) is 0 Å². The summed E-state index contributed by atoms with van der Waals surface area (Å²) in [6, 6.07) is 0.877. The van der Waals surface area contributed by atoms with Crippen molar-refractivity contribution in [2.45, 2.75) is 91.3 Å². The summed E-state index contributed by atoms with van der Waals surface area (Å²) in [5, 5.41) is 3.70. The number of nitrogens with one attached hydrogen (secondary N) is 1. The van der Waals surface area contributed by atoms with Crippen LogP contribution >= 0.6 is 0 Å². The van der Waals surface area contributed by atoms with Crippen molar-refractivity contribution < 1.29 is 13.3 Å². The molecule has 0 spiro atoms. The molecule has 0 radical (unpaired) electrons. The van der Waals surface area contributed by atoms with Crippen LogP contribution in [-0.4, -0.2) is 46.2 Å². The Hall–Kier alpha value is 0.0169. The van der Waals surface area contributed by atoms with Crippen LogP contribution in [0.25, 0.3) is 0 Å². The molecular weight excluding hydrogens is 320 g/mol. The van der Waals surface area contributed by atoms with Crippen LogP contribution in [0.2, 0.25) is 6.04 Å². The van der Waals surface area contributed by atoms with Crippen LogP contribution in [0.1, 0.15) is 74.1 Å². The maximum Gasteiger partial charge on any atom is 0.500 e. The second kappa shape index (κ2) is 11.6.